The second kappa shape index (κ2) is 15.1. The molecule has 2 aromatic carbocycles. The summed E-state index contributed by atoms with van der Waals surface area (Å²) >= 11 is 0. The summed E-state index contributed by atoms with van der Waals surface area (Å²) in [6.07, 6.45) is -6.64. The van der Waals surface area contributed by atoms with Gasteiger partial charge in [0.2, 0.25) is 11.6 Å². The molecule has 0 radical (unpaired) electrons. The van der Waals surface area contributed by atoms with E-state index in [9.17, 15) is 35.9 Å². The van der Waals surface area contributed by atoms with Crippen molar-refractivity contribution >= 4 is 11.9 Å². The van der Waals surface area contributed by atoms with Crippen LogP contribution < -0.4 is 20.5 Å². The van der Waals surface area contributed by atoms with Gasteiger partial charge in [-0.2, -0.15) is 36.5 Å². The maximum Gasteiger partial charge on any atom is 0.419 e. The van der Waals surface area contributed by atoms with Gasteiger partial charge in [-0.15, -0.1) is 0 Å². The number of H-pyrrole nitrogens is 2. The second-order valence-corrected chi connectivity index (χ2v) is 7.92. The van der Waals surface area contributed by atoms with Gasteiger partial charge in [0.15, 0.2) is 0 Å². The van der Waals surface area contributed by atoms with Crippen molar-refractivity contribution in [3.63, 3.8) is 0 Å². The van der Waals surface area contributed by atoms with Crippen molar-refractivity contribution in [3.8, 4) is 11.5 Å². The van der Waals surface area contributed by atoms with Crippen LogP contribution in [0, 0.1) is 0 Å². The number of carboxylic acid groups (broad SMARTS) is 1. The summed E-state index contributed by atoms with van der Waals surface area (Å²) in [7, 11) is 2.36. The number of hydrogen-bond acceptors (Lipinski definition) is 9. The minimum atomic E-state index is -4.53. The fraction of sp³-hybridized carbons (Fsp3) is 0.250. The van der Waals surface area contributed by atoms with Crippen LogP contribution in [0.15, 0.2) is 49.1 Å². The Morgan fingerprint density at radius 3 is 1.67 bits per heavy atom. The van der Waals surface area contributed by atoms with E-state index in [1.54, 1.807) is 0 Å². The Balaban J connectivity index is 0.000000251. The van der Waals surface area contributed by atoms with Crippen molar-refractivity contribution in [1.29, 1.82) is 0 Å². The molecule has 4 rings (SSSR count). The van der Waals surface area contributed by atoms with E-state index in [1.165, 1.54) is 31.4 Å². The number of nitrogens with two attached hydrogens (primary N) is 1. The van der Waals surface area contributed by atoms with Crippen molar-refractivity contribution in [1.82, 2.24) is 35.7 Å². The smallest absolute Gasteiger partial charge is 0.419 e. The molecule has 0 atom stereocenters. The number of carboxylic acids is 1. The molecule has 0 aliphatic rings. The Hall–Kier alpha value is -5.20. The number of hydrogen-bond donors (Lipinski definition) is 5. The van der Waals surface area contributed by atoms with Crippen molar-refractivity contribution in [2.75, 3.05) is 14.2 Å². The summed E-state index contributed by atoms with van der Waals surface area (Å²) in [4.78, 5) is 28.5. The number of amides is 1. The number of aromatic amines is 2. The number of aromatic carboxylic acids is 1. The number of nitrogens with one attached hydrogen (secondary N) is 3. The highest BCUT2D eigenvalue weighted by Gasteiger charge is 2.35. The van der Waals surface area contributed by atoms with Crippen molar-refractivity contribution < 1.29 is 50.5 Å². The zero-order valence-corrected chi connectivity index (χ0v) is 22.2. The van der Waals surface area contributed by atoms with Crippen LogP contribution in [0.4, 0.5) is 26.3 Å². The largest absolute Gasteiger partial charge is 0.496 e. The van der Waals surface area contributed by atoms with Crippen LogP contribution in [0.5, 0.6) is 11.5 Å². The molecule has 0 bridgehead atoms. The third-order valence-corrected chi connectivity index (χ3v) is 5.08. The highest BCUT2D eigenvalue weighted by atomic mass is 19.4. The van der Waals surface area contributed by atoms with Crippen LogP contribution in [0.2, 0.25) is 0 Å². The number of ether oxygens (including phenoxy) is 2. The summed E-state index contributed by atoms with van der Waals surface area (Å²) in [5.74, 6) is -2.26. The van der Waals surface area contributed by atoms with E-state index in [-0.39, 0.29) is 41.8 Å². The number of rotatable bonds is 7. The average molecular weight is 618 g/mol. The van der Waals surface area contributed by atoms with E-state index in [0.29, 0.717) is 5.56 Å². The highest BCUT2D eigenvalue weighted by molar-refractivity contribution is 5.90. The third kappa shape index (κ3) is 10.3. The zero-order chi connectivity index (χ0) is 32.2. The van der Waals surface area contributed by atoms with E-state index < -0.39 is 35.4 Å². The Bertz CT molecular complexity index is 1460. The van der Waals surface area contributed by atoms with E-state index in [4.69, 9.17) is 10.8 Å². The first-order chi connectivity index (χ1) is 20.2. The maximum absolute atomic E-state index is 12.8. The van der Waals surface area contributed by atoms with Crippen LogP contribution in [-0.4, -0.2) is 61.6 Å². The predicted octanol–water partition coefficient (Wildman–Crippen LogP) is 3.44. The minimum absolute atomic E-state index is 0.0143. The highest BCUT2D eigenvalue weighted by Crippen LogP contribution is 2.37. The quantitative estimate of drug-likeness (QED) is 0.192. The Morgan fingerprint density at radius 1 is 0.837 bits per heavy atom. The normalized spacial score (nSPS) is 10.9. The molecule has 4 aromatic rings. The van der Waals surface area contributed by atoms with Gasteiger partial charge in [0.25, 0.3) is 5.91 Å². The van der Waals surface area contributed by atoms with Gasteiger partial charge in [-0.3, -0.25) is 15.0 Å². The predicted molar refractivity (Wildman–Crippen MR) is 135 cm³/mol. The molecular weight excluding hydrogens is 594 g/mol. The van der Waals surface area contributed by atoms with Gasteiger partial charge in [-0.25, -0.2) is 14.8 Å². The standard InChI is InChI=1S/C12H11F3N4O2.C9H10F3NO.C3H3N3O2/c1-21-9-3-2-7(4-8(9)12(13,14)15)5-16-11(20)10-17-6-18-19-10;1-14-8-3-2-6(5-13)4-7(8)9(10,11)12;7-3(8)2-4-1-5-6-2/h2-4,6H,5H2,1H3,(H,16,20)(H,17,18,19);2-4H,5,13H2,1H3;1H,(H,7,8)(H,4,5,6). The zero-order valence-electron chi connectivity index (χ0n) is 22.2. The Morgan fingerprint density at radius 2 is 1.30 bits per heavy atom. The summed E-state index contributed by atoms with van der Waals surface area (Å²) in [5.41, 5.74) is 4.28. The van der Waals surface area contributed by atoms with Crippen LogP contribution in [0.1, 0.15) is 43.5 Å². The molecule has 0 aliphatic heterocycles. The molecule has 232 valence electrons. The lowest BCUT2D eigenvalue weighted by Gasteiger charge is -2.13. The van der Waals surface area contributed by atoms with Crippen molar-refractivity contribution in [2.45, 2.75) is 25.4 Å². The molecule has 2 aromatic heterocycles. The minimum Gasteiger partial charge on any atom is -0.496 e. The summed E-state index contributed by atoms with van der Waals surface area (Å²) in [5, 5.41) is 21.9. The second-order valence-electron chi connectivity index (χ2n) is 7.92. The first kappa shape index (κ1) is 34.0. The molecule has 0 fully saturated rings. The van der Waals surface area contributed by atoms with Gasteiger partial charge >= 0.3 is 18.3 Å². The lowest BCUT2D eigenvalue weighted by Crippen LogP contribution is -2.24. The monoisotopic (exact) mass is 618 g/mol. The van der Waals surface area contributed by atoms with Gasteiger partial charge in [-0.1, -0.05) is 12.1 Å². The maximum atomic E-state index is 12.8. The molecule has 0 aliphatic carbocycles. The molecule has 0 saturated heterocycles. The molecule has 0 spiro atoms. The summed E-state index contributed by atoms with van der Waals surface area (Å²) < 4.78 is 85.1. The SMILES string of the molecule is COc1ccc(CN)cc1C(F)(F)F.COc1ccc(CNC(=O)c2ncn[nH]2)cc1C(F)(F)F.O=C(O)c1ncn[nH]1. The van der Waals surface area contributed by atoms with Gasteiger partial charge in [-0.05, 0) is 35.4 Å². The Labute approximate surface area is 238 Å². The number of halogens is 6. The van der Waals surface area contributed by atoms with E-state index >= 15 is 0 Å². The van der Waals surface area contributed by atoms with Gasteiger partial charge in [0, 0.05) is 13.1 Å². The Kier molecular flexibility index (Phi) is 12.0. The van der Waals surface area contributed by atoms with Gasteiger partial charge < -0.3 is 25.6 Å². The van der Waals surface area contributed by atoms with E-state index in [1.807, 2.05) is 0 Å². The van der Waals surface area contributed by atoms with Crippen LogP contribution in [0.25, 0.3) is 0 Å². The van der Waals surface area contributed by atoms with E-state index in [2.05, 4.69) is 45.2 Å². The fourth-order valence-corrected chi connectivity index (χ4v) is 3.08. The first-order valence-corrected chi connectivity index (χ1v) is 11.6. The molecule has 13 nitrogen and oxygen atoms in total. The molecular formula is C24H24F6N8O5. The number of nitrogens with zero attached hydrogens (tertiary/aromatic N) is 4. The van der Waals surface area contributed by atoms with Crippen molar-refractivity contribution in [3.05, 3.63) is 83.0 Å². The lowest BCUT2D eigenvalue weighted by molar-refractivity contribution is -0.139. The lowest BCUT2D eigenvalue weighted by atomic mass is 10.1. The first-order valence-electron chi connectivity index (χ1n) is 11.6. The number of methoxy groups -OCH3 is 2. The van der Waals surface area contributed by atoms with Crippen LogP contribution >= 0.6 is 0 Å². The van der Waals surface area contributed by atoms with Crippen molar-refractivity contribution in [2.24, 2.45) is 5.73 Å². The van der Waals surface area contributed by atoms with Gasteiger partial charge in [0.1, 0.15) is 24.2 Å². The van der Waals surface area contributed by atoms with E-state index in [0.717, 1.165) is 31.9 Å². The topological polar surface area (TPSA) is 194 Å². The number of carbonyl (C=O) groups excluding carboxylic acids is 1. The summed E-state index contributed by atoms with van der Waals surface area (Å²) in [6.45, 7) is -0.000316. The summed E-state index contributed by atoms with van der Waals surface area (Å²) in [6, 6.07) is 7.35. The number of alkyl halides is 6. The van der Waals surface area contributed by atoms with Crippen LogP contribution in [-0.2, 0) is 25.4 Å². The number of benzene rings is 2. The average Bonchev–Trinajstić information content (AvgIpc) is 3.71. The number of carbonyl (C=O) groups is 2. The molecule has 19 heteroatoms. The molecule has 0 unspecified atom stereocenters. The fourth-order valence-electron chi connectivity index (χ4n) is 3.08. The number of aromatic nitrogens is 6. The molecule has 6 N–H and O–H groups in total. The van der Waals surface area contributed by atoms with Crippen LogP contribution in [0.3, 0.4) is 0 Å². The molecule has 0 saturated carbocycles. The molecule has 2 heterocycles. The molecule has 1 amide bonds. The molecule has 43 heavy (non-hydrogen) atoms. The van der Waals surface area contributed by atoms with Gasteiger partial charge in [0.05, 0.1) is 25.3 Å². The third-order valence-electron chi connectivity index (χ3n) is 5.08.